The summed E-state index contributed by atoms with van der Waals surface area (Å²) in [4.78, 5) is 3.18. The molecule has 0 fully saturated rings. The van der Waals surface area contributed by atoms with Crippen molar-refractivity contribution in [2.75, 3.05) is 0 Å². The number of hydrogen-bond acceptors (Lipinski definition) is 1. The van der Waals surface area contributed by atoms with Crippen molar-refractivity contribution in [2.24, 2.45) is 0 Å². The maximum absolute atomic E-state index is 8.56. The molecule has 0 atom stereocenters. The first kappa shape index (κ1) is 9.94. The first-order valence-corrected chi connectivity index (χ1v) is 6.92. The van der Waals surface area contributed by atoms with Gasteiger partial charge in [0.15, 0.2) is 0 Å². The Morgan fingerprint density at radius 3 is 2.00 bits per heavy atom. The van der Waals surface area contributed by atoms with Crippen LogP contribution in [-0.2, 0) is 0 Å². The Labute approximate surface area is 69.0 Å². The Morgan fingerprint density at radius 1 is 1.45 bits per heavy atom. The van der Waals surface area contributed by atoms with Crippen molar-refractivity contribution in [3.8, 4) is 6.07 Å². The topological polar surface area (TPSA) is 28.1 Å². The molecule has 2 nitrogen and oxygen atoms in total. The lowest BCUT2D eigenvalue weighted by atomic mass is 10.4. The Hall–Kier alpha value is -1.06. The average molecular weight is 164 g/mol. The molecule has 0 saturated heterocycles. The van der Waals surface area contributed by atoms with Crippen LogP contribution in [-0.4, -0.2) is 8.07 Å². The summed E-state index contributed by atoms with van der Waals surface area (Å²) in [7, 11) is -1.42. The molecule has 11 heavy (non-hydrogen) atoms. The third-order valence-corrected chi connectivity index (χ3v) is 4.18. The molecule has 0 bridgehead atoms. The third kappa shape index (κ3) is 2.57. The Bertz CT molecular complexity index is 241. The van der Waals surface area contributed by atoms with Crippen LogP contribution in [0.1, 0.15) is 6.92 Å². The number of rotatable bonds is 1. The van der Waals surface area contributed by atoms with Gasteiger partial charge in [0.25, 0.3) is 5.70 Å². The average Bonchev–Trinajstić information content (AvgIpc) is 1.88. The monoisotopic (exact) mass is 164 g/mol. The summed E-state index contributed by atoms with van der Waals surface area (Å²) in [6.45, 7) is 15.0. The van der Waals surface area contributed by atoms with Gasteiger partial charge in [-0.05, 0) is 0 Å². The van der Waals surface area contributed by atoms with E-state index in [0.717, 1.165) is 5.20 Å². The van der Waals surface area contributed by atoms with E-state index in [4.69, 9.17) is 11.8 Å². The highest BCUT2D eigenvalue weighted by atomic mass is 28.3. The minimum absolute atomic E-state index is 0.282. The van der Waals surface area contributed by atoms with Gasteiger partial charge in [-0.15, -0.1) is 0 Å². The highest BCUT2D eigenvalue weighted by Crippen LogP contribution is 2.17. The molecule has 0 aliphatic carbocycles. The van der Waals surface area contributed by atoms with Gasteiger partial charge in [0, 0.05) is 0 Å². The zero-order valence-corrected chi connectivity index (χ0v) is 8.39. The molecular formula is C8H12N2Si. The summed E-state index contributed by atoms with van der Waals surface area (Å²) in [6, 6.07) is 1.92. The summed E-state index contributed by atoms with van der Waals surface area (Å²) in [5.74, 6) is 0. The van der Waals surface area contributed by atoms with Crippen LogP contribution < -0.4 is 0 Å². The smallest absolute Gasteiger partial charge is 0.227 e. The summed E-state index contributed by atoms with van der Waals surface area (Å²) < 4.78 is 0. The molecule has 0 spiro atoms. The minimum Gasteiger partial charge on any atom is -0.227 e. The first-order valence-electron chi connectivity index (χ1n) is 3.42. The zero-order valence-electron chi connectivity index (χ0n) is 7.39. The molecule has 0 aliphatic heterocycles. The number of allylic oxidation sites excluding steroid dienone is 2. The Morgan fingerprint density at radius 2 is 1.91 bits per heavy atom. The fourth-order valence-electron chi connectivity index (χ4n) is 0.548. The standard InChI is InChI=1S/C8H12N2Si/c1-7(11(3,4)5)8(6-9)10-2/h1,3-5H3/b8-7-. The molecule has 0 aromatic rings. The predicted molar refractivity (Wildman–Crippen MR) is 48.3 cm³/mol. The summed E-state index contributed by atoms with van der Waals surface area (Å²) in [5, 5.41) is 9.56. The highest BCUT2D eigenvalue weighted by molar-refractivity contribution is 6.83. The van der Waals surface area contributed by atoms with Crippen LogP contribution >= 0.6 is 0 Å². The van der Waals surface area contributed by atoms with Crippen molar-refractivity contribution in [3.63, 3.8) is 0 Å². The molecule has 0 rings (SSSR count). The lowest BCUT2D eigenvalue weighted by Gasteiger charge is -2.16. The predicted octanol–water partition coefficient (Wildman–Crippen LogP) is 2.58. The Kier molecular flexibility index (Phi) is 3.04. The van der Waals surface area contributed by atoms with Gasteiger partial charge in [-0.3, -0.25) is 0 Å². The van der Waals surface area contributed by atoms with Gasteiger partial charge in [-0.2, -0.15) is 0 Å². The van der Waals surface area contributed by atoms with E-state index < -0.39 is 8.07 Å². The van der Waals surface area contributed by atoms with E-state index in [1.54, 1.807) is 0 Å². The van der Waals surface area contributed by atoms with E-state index in [1.807, 2.05) is 13.0 Å². The largest absolute Gasteiger partial charge is 0.257 e. The number of hydrogen-bond donors (Lipinski definition) is 0. The lowest BCUT2D eigenvalue weighted by molar-refractivity contribution is 1.43. The summed E-state index contributed by atoms with van der Waals surface area (Å²) in [6.07, 6.45) is 0. The van der Waals surface area contributed by atoms with Crippen molar-refractivity contribution in [1.29, 1.82) is 5.26 Å². The van der Waals surface area contributed by atoms with Crippen molar-refractivity contribution in [1.82, 2.24) is 0 Å². The SMILES string of the molecule is [C-]#[N+]/C(C#N)=C(/C)[Si](C)(C)C. The molecule has 0 aromatic carbocycles. The van der Waals surface area contributed by atoms with Gasteiger partial charge >= 0.3 is 0 Å². The van der Waals surface area contributed by atoms with Crippen molar-refractivity contribution < 1.29 is 0 Å². The van der Waals surface area contributed by atoms with Crippen molar-refractivity contribution in [3.05, 3.63) is 22.3 Å². The van der Waals surface area contributed by atoms with E-state index in [0.29, 0.717) is 0 Å². The molecule has 0 aromatic heterocycles. The van der Waals surface area contributed by atoms with Gasteiger partial charge in [-0.1, -0.05) is 31.8 Å². The molecule has 0 amide bonds. The van der Waals surface area contributed by atoms with Crippen LogP contribution in [0.2, 0.25) is 19.6 Å². The normalized spacial score (nSPS) is 12.9. The van der Waals surface area contributed by atoms with Gasteiger partial charge in [0.2, 0.25) is 0 Å². The summed E-state index contributed by atoms with van der Waals surface area (Å²) in [5.41, 5.74) is 0.282. The van der Waals surface area contributed by atoms with E-state index in [1.165, 1.54) is 0 Å². The number of nitrogens with zero attached hydrogens (tertiary/aromatic N) is 2. The lowest BCUT2D eigenvalue weighted by Crippen LogP contribution is -2.23. The third-order valence-electron chi connectivity index (χ3n) is 1.70. The van der Waals surface area contributed by atoms with Crippen molar-refractivity contribution in [2.45, 2.75) is 26.6 Å². The second-order valence-electron chi connectivity index (χ2n) is 3.45. The highest BCUT2D eigenvalue weighted by Gasteiger charge is 2.18. The molecule has 0 aliphatic rings. The number of nitriles is 1. The van der Waals surface area contributed by atoms with E-state index in [2.05, 4.69) is 24.5 Å². The first-order chi connectivity index (χ1) is 4.93. The van der Waals surface area contributed by atoms with Crippen LogP contribution in [0, 0.1) is 17.9 Å². The molecule has 0 heterocycles. The fraction of sp³-hybridized carbons (Fsp3) is 0.500. The van der Waals surface area contributed by atoms with Gasteiger partial charge in [0.1, 0.15) is 0 Å². The summed E-state index contributed by atoms with van der Waals surface area (Å²) >= 11 is 0. The van der Waals surface area contributed by atoms with Crippen molar-refractivity contribution >= 4 is 8.07 Å². The quantitative estimate of drug-likeness (QED) is 0.332. The molecule has 3 heteroatoms. The van der Waals surface area contributed by atoms with E-state index >= 15 is 0 Å². The van der Waals surface area contributed by atoms with Crippen LogP contribution in [0.5, 0.6) is 0 Å². The Balaban J connectivity index is 5.01. The molecular weight excluding hydrogens is 152 g/mol. The van der Waals surface area contributed by atoms with Gasteiger partial charge in [0.05, 0.1) is 20.7 Å². The van der Waals surface area contributed by atoms with Crippen LogP contribution in [0.25, 0.3) is 4.85 Å². The maximum atomic E-state index is 8.56. The van der Waals surface area contributed by atoms with Crippen LogP contribution in [0.3, 0.4) is 0 Å². The molecule has 0 radical (unpaired) electrons. The van der Waals surface area contributed by atoms with Crippen LogP contribution in [0.15, 0.2) is 10.9 Å². The van der Waals surface area contributed by atoms with Crippen LogP contribution in [0.4, 0.5) is 0 Å². The molecule has 0 N–H and O–H groups in total. The molecule has 58 valence electrons. The minimum atomic E-state index is -1.42. The fourth-order valence-corrected chi connectivity index (χ4v) is 1.37. The zero-order chi connectivity index (χ0) is 9.07. The second-order valence-corrected chi connectivity index (χ2v) is 8.70. The molecule has 0 saturated carbocycles. The van der Waals surface area contributed by atoms with E-state index in [-0.39, 0.29) is 5.70 Å². The van der Waals surface area contributed by atoms with Gasteiger partial charge in [-0.25, -0.2) is 10.1 Å². The maximum Gasteiger partial charge on any atom is 0.257 e. The molecule has 0 unspecified atom stereocenters. The van der Waals surface area contributed by atoms with E-state index in [9.17, 15) is 0 Å². The second kappa shape index (κ2) is 3.36. The van der Waals surface area contributed by atoms with Gasteiger partial charge < -0.3 is 0 Å².